The predicted octanol–water partition coefficient (Wildman–Crippen LogP) is -1.07. The third-order valence-electron chi connectivity index (χ3n) is 4.57. The molecule has 5 atom stereocenters. The van der Waals surface area contributed by atoms with E-state index in [1.807, 2.05) is 0 Å². The second-order valence-electron chi connectivity index (χ2n) is 6.93. The normalized spacial score (nSPS) is 27.4. The van der Waals surface area contributed by atoms with Crippen molar-refractivity contribution in [3.05, 3.63) is 0 Å². The van der Waals surface area contributed by atoms with Gasteiger partial charge in [0.2, 0.25) is 0 Å². The molecule has 1 aliphatic heterocycles. The fourth-order valence-electron chi connectivity index (χ4n) is 3.06. The van der Waals surface area contributed by atoms with Crippen molar-refractivity contribution in [2.24, 2.45) is 22.9 Å². The summed E-state index contributed by atoms with van der Waals surface area (Å²) in [6.45, 7) is 4.56. The molecule has 0 unspecified atom stereocenters. The van der Waals surface area contributed by atoms with Crippen molar-refractivity contribution in [3.8, 4) is 0 Å². The first-order valence-electron chi connectivity index (χ1n) is 10.6. The second kappa shape index (κ2) is 17.3. The minimum absolute atomic E-state index is 0.347. The summed E-state index contributed by atoms with van der Waals surface area (Å²) in [5.41, 5.74) is 22.4. The summed E-state index contributed by atoms with van der Waals surface area (Å²) >= 11 is 0. The van der Waals surface area contributed by atoms with Gasteiger partial charge in [0.05, 0.1) is 6.61 Å². The Morgan fingerprint density at radius 3 is 1.66 bits per heavy atom. The molecule has 0 aromatic carbocycles. The van der Waals surface area contributed by atoms with Crippen LogP contribution in [0, 0.1) is 0 Å². The molecule has 10 nitrogen and oxygen atoms in total. The summed E-state index contributed by atoms with van der Waals surface area (Å²) < 4.78 is 35.8. The zero-order chi connectivity index (χ0) is 21.3. The molecule has 29 heavy (non-hydrogen) atoms. The lowest BCUT2D eigenvalue weighted by Crippen LogP contribution is -2.62. The monoisotopic (exact) mass is 422 g/mol. The molecule has 0 aromatic heterocycles. The van der Waals surface area contributed by atoms with E-state index < -0.39 is 12.4 Å². The molecule has 0 radical (unpaired) electrons. The van der Waals surface area contributed by atoms with Crippen LogP contribution in [0.25, 0.3) is 0 Å². The molecule has 0 saturated carbocycles. The van der Waals surface area contributed by atoms with Crippen LogP contribution < -0.4 is 22.9 Å². The Hall–Kier alpha value is -0.400. The van der Waals surface area contributed by atoms with Crippen molar-refractivity contribution in [1.82, 2.24) is 0 Å². The Morgan fingerprint density at radius 1 is 0.655 bits per heavy atom. The van der Waals surface area contributed by atoms with Gasteiger partial charge in [-0.05, 0) is 51.9 Å². The number of rotatable bonds is 18. The van der Waals surface area contributed by atoms with Gasteiger partial charge in [0.1, 0.15) is 24.4 Å². The molecule has 1 fully saturated rings. The largest absolute Gasteiger partial charge is 0.379 e. The fourth-order valence-corrected chi connectivity index (χ4v) is 3.06. The second-order valence-corrected chi connectivity index (χ2v) is 6.93. The molecular formula is C19H42N4O6. The van der Waals surface area contributed by atoms with E-state index in [2.05, 4.69) is 0 Å². The van der Waals surface area contributed by atoms with E-state index in [0.29, 0.717) is 59.2 Å². The van der Waals surface area contributed by atoms with Crippen LogP contribution in [-0.2, 0) is 28.4 Å². The van der Waals surface area contributed by atoms with Gasteiger partial charge >= 0.3 is 0 Å². The van der Waals surface area contributed by atoms with Gasteiger partial charge in [-0.1, -0.05) is 0 Å². The van der Waals surface area contributed by atoms with Crippen LogP contribution in [-0.4, -0.2) is 97.0 Å². The van der Waals surface area contributed by atoms with Crippen LogP contribution in [0.15, 0.2) is 0 Å². The van der Waals surface area contributed by atoms with Gasteiger partial charge in [-0.3, -0.25) is 0 Å². The van der Waals surface area contributed by atoms with Crippen molar-refractivity contribution in [1.29, 1.82) is 0 Å². The Balaban J connectivity index is 2.92. The fraction of sp³-hybridized carbons (Fsp3) is 1.00. The van der Waals surface area contributed by atoms with Crippen molar-refractivity contribution >= 4 is 0 Å². The molecule has 1 aliphatic rings. The van der Waals surface area contributed by atoms with E-state index in [9.17, 15) is 0 Å². The highest BCUT2D eigenvalue weighted by Crippen LogP contribution is 2.29. The Bertz CT molecular complexity index is 383. The van der Waals surface area contributed by atoms with Crippen LogP contribution in [0.3, 0.4) is 0 Å². The van der Waals surface area contributed by atoms with E-state index in [0.717, 1.165) is 25.7 Å². The van der Waals surface area contributed by atoms with Gasteiger partial charge in [-0.25, -0.2) is 0 Å². The average molecular weight is 423 g/mol. The van der Waals surface area contributed by atoms with Crippen molar-refractivity contribution in [3.63, 3.8) is 0 Å². The summed E-state index contributed by atoms with van der Waals surface area (Å²) in [5, 5.41) is 0. The highest BCUT2D eigenvalue weighted by atomic mass is 16.7. The van der Waals surface area contributed by atoms with E-state index in [1.165, 1.54) is 0 Å². The molecule has 0 spiro atoms. The molecule has 0 aromatic rings. The topological polar surface area (TPSA) is 159 Å². The van der Waals surface area contributed by atoms with E-state index in [4.69, 9.17) is 51.4 Å². The maximum Gasteiger partial charge on any atom is 0.186 e. The molecular weight excluding hydrogens is 380 g/mol. The number of hydrogen-bond donors (Lipinski definition) is 4. The van der Waals surface area contributed by atoms with Gasteiger partial charge in [-0.2, -0.15) is 0 Å². The zero-order valence-electron chi connectivity index (χ0n) is 17.8. The number of nitrogens with two attached hydrogens (primary N) is 4. The van der Waals surface area contributed by atoms with Gasteiger partial charge in [0, 0.05) is 33.5 Å². The van der Waals surface area contributed by atoms with Crippen molar-refractivity contribution < 1.29 is 28.4 Å². The smallest absolute Gasteiger partial charge is 0.186 e. The maximum atomic E-state index is 6.17. The third kappa shape index (κ3) is 9.97. The first-order chi connectivity index (χ1) is 14.2. The van der Waals surface area contributed by atoms with Gasteiger partial charge in [0.25, 0.3) is 0 Å². The molecule has 1 saturated heterocycles. The molecule has 0 bridgehead atoms. The number of ether oxygens (including phenoxy) is 6. The van der Waals surface area contributed by atoms with Gasteiger partial charge in [0.15, 0.2) is 6.29 Å². The third-order valence-corrected chi connectivity index (χ3v) is 4.57. The van der Waals surface area contributed by atoms with Crippen LogP contribution in [0.2, 0.25) is 0 Å². The van der Waals surface area contributed by atoms with Gasteiger partial charge in [-0.15, -0.1) is 0 Å². The van der Waals surface area contributed by atoms with E-state index in [1.54, 1.807) is 7.11 Å². The molecule has 1 heterocycles. The van der Waals surface area contributed by atoms with Crippen LogP contribution in [0.1, 0.15) is 25.7 Å². The summed E-state index contributed by atoms with van der Waals surface area (Å²) in [6, 6.07) is 0. The van der Waals surface area contributed by atoms with Crippen LogP contribution >= 0.6 is 0 Å². The Kier molecular flexibility index (Phi) is 15.9. The lowest BCUT2D eigenvalue weighted by Gasteiger charge is -2.45. The standard InChI is InChI=1S/C19H42N4O6/c1-24-19-18(28-13-5-9-23)17(27-12-4-8-22)16(26-11-3-7-21)15(29-19)14-25-10-2-6-20/h15-19H,2-14,20-23H2,1H3/t15-,16-,17+,18-,19+/m1/s1. The quantitative estimate of drug-likeness (QED) is 0.200. The van der Waals surface area contributed by atoms with Crippen molar-refractivity contribution in [2.75, 3.05) is 66.3 Å². The molecule has 1 rings (SSSR count). The van der Waals surface area contributed by atoms with Gasteiger partial charge < -0.3 is 51.4 Å². The SMILES string of the molecule is CO[C@H]1O[C@H](COCCCN)[C@@H](OCCCN)[C@H](OCCCN)[C@H]1OCCCN. The summed E-state index contributed by atoms with van der Waals surface area (Å²) in [7, 11) is 1.59. The first-order valence-corrected chi connectivity index (χ1v) is 10.6. The summed E-state index contributed by atoms with van der Waals surface area (Å²) in [4.78, 5) is 0. The first kappa shape index (κ1) is 26.6. The summed E-state index contributed by atoms with van der Waals surface area (Å²) in [5.74, 6) is 0. The zero-order valence-corrected chi connectivity index (χ0v) is 17.8. The van der Waals surface area contributed by atoms with E-state index >= 15 is 0 Å². The lowest BCUT2D eigenvalue weighted by molar-refractivity contribution is -0.318. The highest BCUT2D eigenvalue weighted by Gasteiger charge is 2.48. The Morgan fingerprint density at radius 2 is 1.14 bits per heavy atom. The van der Waals surface area contributed by atoms with Crippen LogP contribution in [0.5, 0.6) is 0 Å². The van der Waals surface area contributed by atoms with E-state index in [-0.39, 0.29) is 18.3 Å². The molecule has 0 amide bonds. The minimum atomic E-state index is -0.604. The molecule has 10 heteroatoms. The maximum absolute atomic E-state index is 6.17. The Labute approximate surface area is 174 Å². The molecule has 174 valence electrons. The predicted molar refractivity (Wildman–Crippen MR) is 110 cm³/mol. The highest BCUT2D eigenvalue weighted by molar-refractivity contribution is 4.93. The summed E-state index contributed by atoms with van der Waals surface area (Å²) in [6.07, 6.45) is 0.781. The lowest BCUT2D eigenvalue weighted by atomic mass is 9.98. The minimum Gasteiger partial charge on any atom is -0.379 e. The van der Waals surface area contributed by atoms with Crippen molar-refractivity contribution in [2.45, 2.75) is 56.4 Å². The molecule has 8 N–H and O–H groups in total. The van der Waals surface area contributed by atoms with Crippen LogP contribution in [0.4, 0.5) is 0 Å². The number of hydrogen-bond acceptors (Lipinski definition) is 10. The average Bonchev–Trinajstić information content (AvgIpc) is 2.73. The number of methoxy groups -OCH3 is 1. The molecule has 0 aliphatic carbocycles.